The van der Waals surface area contributed by atoms with Gasteiger partial charge in [0, 0.05) is 5.75 Å². The van der Waals surface area contributed by atoms with E-state index in [1.165, 1.54) is 6.07 Å². The van der Waals surface area contributed by atoms with Crippen molar-refractivity contribution in [3.8, 4) is 5.75 Å². The first-order valence-corrected chi connectivity index (χ1v) is 7.36. The summed E-state index contributed by atoms with van der Waals surface area (Å²) in [6.07, 6.45) is 1.77. The van der Waals surface area contributed by atoms with Crippen LogP contribution in [0.4, 0.5) is 5.69 Å². The SMILES string of the molecule is O=Cc1c(N=O)cccc1OCC1CSCCCN1. The zero-order valence-corrected chi connectivity index (χ0v) is 11.3. The van der Waals surface area contributed by atoms with Gasteiger partial charge in [0.05, 0.1) is 11.6 Å². The summed E-state index contributed by atoms with van der Waals surface area (Å²) in [5.41, 5.74) is 0.342. The van der Waals surface area contributed by atoms with Gasteiger partial charge in [-0.1, -0.05) is 6.07 Å². The number of aldehydes is 1. The van der Waals surface area contributed by atoms with Gasteiger partial charge in [-0.15, -0.1) is 4.91 Å². The molecule has 1 saturated heterocycles. The summed E-state index contributed by atoms with van der Waals surface area (Å²) in [5, 5.41) is 6.23. The third-order valence-electron chi connectivity index (χ3n) is 2.92. The highest BCUT2D eigenvalue weighted by atomic mass is 32.2. The largest absolute Gasteiger partial charge is 0.491 e. The van der Waals surface area contributed by atoms with Gasteiger partial charge in [-0.25, -0.2) is 0 Å². The minimum Gasteiger partial charge on any atom is -0.491 e. The van der Waals surface area contributed by atoms with Gasteiger partial charge in [-0.3, -0.25) is 4.79 Å². The molecule has 0 aliphatic carbocycles. The Labute approximate surface area is 116 Å². The number of nitrogens with zero attached hydrogens (tertiary/aromatic N) is 1. The van der Waals surface area contributed by atoms with Crippen molar-refractivity contribution in [1.29, 1.82) is 0 Å². The quantitative estimate of drug-likeness (QED) is 0.662. The molecule has 1 aliphatic heterocycles. The van der Waals surface area contributed by atoms with Crippen molar-refractivity contribution < 1.29 is 9.53 Å². The smallest absolute Gasteiger partial charge is 0.156 e. The van der Waals surface area contributed by atoms with Crippen molar-refractivity contribution in [2.45, 2.75) is 12.5 Å². The highest BCUT2D eigenvalue weighted by Gasteiger charge is 2.14. The van der Waals surface area contributed by atoms with Crippen LogP contribution >= 0.6 is 11.8 Å². The van der Waals surface area contributed by atoms with Gasteiger partial charge in [0.15, 0.2) is 6.29 Å². The van der Waals surface area contributed by atoms with E-state index >= 15 is 0 Å². The van der Waals surface area contributed by atoms with Crippen LogP contribution in [0.2, 0.25) is 0 Å². The van der Waals surface area contributed by atoms with Crippen LogP contribution in [0.15, 0.2) is 23.4 Å². The average molecular weight is 280 g/mol. The summed E-state index contributed by atoms with van der Waals surface area (Å²) < 4.78 is 5.66. The lowest BCUT2D eigenvalue weighted by Gasteiger charge is -2.17. The van der Waals surface area contributed by atoms with Crippen molar-refractivity contribution in [1.82, 2.24) is 5.32 Å². The van der Waals surface area contributed by atoms with E-state index < -0.39 is 0 Å². The van der Waals surface area contributed by atoms with Gasteiger partial charge in [0.25, 0.3) is 0 Å². The maximum Gasteiger partial charge on any atom is 0.156 e. The van der Waals surface area contributed by atoms with Crippen molar-refractivity contribution in [3.63, 3.8) is 0 Å². The van der Waals surface area contributed by atoms with Crippen molar-refractivity contribution in [2.75, 3.05) is 24.7 Å². The molecule has 1 atom stereocenters. The lowest BCUT2D eigenvalue weighted by molar-refractivity contribution is 0.111. The molecule has 1 heterocycles. The van der Waals surface area contributed by atoms with E-state index in [4.69, 9.17) is 4.74 Å². The molecule has 0 amide bonds. The molecule has 2 rings (SSSR count). The summed E-state index contributed by atoms with van der Waals surface area (Å²) in [6, 6.07) is 5.11. The van der Waals surface area contributed by atoms with Crippen LogP contribution < -0.4 is 10.1 Å². The third kappa shape index (κ3) is 3.78. The fraction of sp³-hybridized carbons (Fsp3) is 0.462. The number of thioether (sulfide) groups is 1. The molecule has 19 heavy (non-hydrogen) atoms. The highest BCUT2D eigenvalue weighted by Crippen LogP contribution is 2.27. The minimum atomic E-state index is 0.121. The van der Waals surface area contributed by atoms with Gasteiger partial charge in [-0.05, 0) is 36.0 Å². The van der Waals surface area contributed by atoms with Crippen LogP contribution in [0.3, 0.4) is 0 Å². The predicted octanol–water partition coefficient (Wildman–Crippen LogP) is 2.37. The van der Waals surface area contributed by atoms with E-state index in [1.54, 1.807) is 12.1 Å². The lowest BCUT2D eigenvalue weighted by Crippen LogP contribution is -2.36. The molecule has 1 aliphatic rings. The molecule has 0 saturated carbocycles. The summed E-state index contributed by atoms with van der Waals surface area (Å²) >= 11 is 1.90. The zero-order valence-electron chi connectivity index (χ0n) is 10.5. The van der Waals surface area contributed by atoms with E-state index in [0.717, 1.165) is 24.5 Å². The number of ether oxygens (including phenoxy) is 1. The molecule has 1 unspecified atom stereocenters. The Kier molecular flexibility index (Phi) is 5.35. The standard InChI is InChI=1S/C13H16N2O3S/c16-7-11-12(15-17)3-1-4-13(11)18-8-10-9-19-6-2-5-14-10/h1,3-4,7,10,14H,2,5-6,8-9H2. The average Bonchev–Trinajstić information content (AvgIpc) is 2.73. The number of hydrogen-bond acceptors (Lipinski definition) is 6. The van der Waals surface area contributed by atoms with E-state index in [2.05, 4.69) is 10.5 Å². The molecule has 1 N–H and O–H groups in total. The number of benzene rings is 1. The molecule has 102 valence electrons. The fourth-order valence-corrected chi connectivity index (χ4v) is 2.93. The Hall–Kier alpha value is -1.40. The molecule has 0 bridgehead atoms. The summed E-state index contributed by atoms with van der Waals surface area (Å²) in [7, 11) is 0. The summed E-state index contributed by atoms with van der Waals surface area (Å²) in [6.45, 7) is 1.47. The molecular formula is C13H16N2O3S. The van der Waals surface area contributed by atoms with Crippen LogP contribution in [0, 0.1) is 4.91 Å². The lowest BCUT2D eigenvalue weighted by atomic mass is 10.2. The normalized spacial score (nSPS) is 19.5. The van der Waals surface area contributed by atoms with Crippen LogP contribution in [0.25, 0.3) is 0 Å². The first kappa shape index (κ1) is 14.0. The molecule has 6 heteroatoms. The van der Waals surface area contributed by atoms with Crippen molar-refractivity contribution in [2.24, 2.45) is 5.18 Å². The molecule has 1 aromatic rings. The Bertz CT molecular complexity index is 446. The molecule has 1 aromatic carbocycles. The minimum absolute atomic E-state index is 0.121. The fourth-order valence-electron chi connectivity index (χ4n) is 1.92. The number of rotatable bonds is 5. The number of carbonyl (C=O) groups is 1. The topological polar surface area (TPSA) is 67.8 Å². The van der Waals surface area contributed by atoms with E-state index in [0.29, 0.717) is 18.6 Å². The third-order valence-corrected chi connectivity index (χ3v) is 4.13. The number of nitrogens with one attached hydrogen (secondary N) is 1. The number of hydrogen-bond donors (Lipinski definition) is 1. The van der Waals surface area contributed by atoms with Crippen LogP contribution in [0.1, 0.15) is 16.8 Å². The number of nitroso groups, excluding NO2 is 1. The maximum atomic E-state index is 11.0. The summed E-state index contributed by atoms with van der Waals surface area (Å²) in [5.74, 6) is 2.57. The summed E-state index contributed by atoms with van der Waals surface area (Å²) in [4.78, 5) is 21.6. The Morgan fingerprint density at radius 1 is 1.53 bits per heavy atom. The van der Waals surface area contributed by atoms with Gasteiger partial charge < -0.3 is 10.1 Å². The van der Waals surface area contributed by atoms with E-state index in [-0.39, 0.29) is 17.3 Å². The molecule has 5 nitrogen and oxygen atoms in total. The zero-order chi connectivity index (χ0) is 13.5. The maximum absolute atomic E-state index is 11.0. The first-order valence-electron chi connectivity index (χ1n) is 6.20. The van der Waals surface area contributed by atoms with E-state index in [9.17, 15) is 9.70 Å². The molecule has 1 fully saturated rings. The van der Waals surface area contributed by atoms with Gasteiger partial charge in [-0.2, -0.15) is 11.8 Å². The van der Waals surface area contributed by atoms with Crippen LogP contribution in [-0.4, -0.2) is 37.0 Å². The molecular weight excluding hydrogens is 264 g/mol. The van der Waals surface area contributed by atoms with Gasteiger partial charge in [0.1, 0.15) is 18.0 Å². The number of carbonyl (C=O) groups excluding carboxylic acids is 1. The van der Waals surface area contributed by atoms with Crippen LogP contribution in [0.5, 0.6) is 5.75 Å². The first-order chi connectivity index (χ1) is 9.35. The second-order valence-corrected chi connectivity index (χ2v) is 5.44. The van der Waals surface area contributed by atoms with Crippen LogP contribution in [-0.2, 0) is 0 Å². The van der Waals surface area contributed by atoms with Gasteiger partial charge in [0.2, 0.25) is 0 Å². The molecule has 0 spiro atoms. The van der Waals surface area contributed by atoms with Gasteiger partial charge >= 0.3 is 0 Å². The second-order valence-electron chi connectivity index (χ2n) is 4.29. The molecule has 0 radical (unpaired) electrons. The monoisotopic (exact) mass is 280 g/mol. The Morgan fingerprint density at radius 2 is 2.42 bits per heavy atom. The predicted molar refractivity (Wildman–Crippen MR) is 76.5 cm³/mol. The van der Waals surface area contributed by atoms with Crippen molar-refractivity contribution >= 4 is 23.7 Å². The van der Waals surface area contributed by atoms with E-state index in [1.807, 2.05) is 11.8 Å². The Balaban J connectivity index is 2.02. The van der Waals surface area contributed by atoms with Crippen molar-refractivity contribution in [3.05, 3.63) is 28.7 Å². The highest BCUT2D eigenvalue weighted by molar-refractivity contribution is 7.99. The Morgan fingerprint density at radius 3 is 3.21 bits per heavy atom. The molecule has 0 aromatic heterocycles. The second kappa shape index (κ2) is 7.25.